The number of fused-ring (bicyclic) bond motifs is 1. The molecule has 0 saturated heterocycles. The van der Waals surface area contributed by atoms with E-state index in [0.29, 0.717) is 16.1 Å². The summed E-state index contributed by atoms with van der Waals surface area (Å²) in [7, 11) is -3.66. The molecule has 0 aromatic heterocycles. The second-order valence-corrected chi connectivity index (χ2v) is 7.32. The average Bonchev–Trinajstić information content (AvgIpc) is 2.53. The van der Waals surface area contributed by atoms with E-state index in [0.717, 1.165) is 10.9 Å². The number of sulfonamides is 1. The molecule has 0 aliphatic heterocycles. The van der Waals surface area contributed by atoms with Crippen LogP contribution in [-0.4, -0.2) is 8.42 Å². The molecule has 3 aromatic carbocycles. The number of rotatable bonds is 4. The molecule has 0 bridgehead atoms. The van der Waals surface area contributed by atoms with Crippen molar-refractivity contribution < 1.29 is 8.42 Å². The molecular weight excluding hydrogens is 332 g/mol. The fourth-order valence-electron chi connectivity index (χ4n) is 2.44. The summed E-state index contributed by atoms with van der Waals surface area (Å²) in [5.41, 5.74) is 7.26. The molecule has 118 valence electrons. The quantitative estimate of drug-likeness (QED) is 0.709. The highest BCUT2D eigenvalue weighted by Crippen LogP contribution is 2.27. The third-order valence-electron chi connectivity index (χ3n) is 3.56. The zero-order valence-electron chi connectivity index (χ0n) is 12.2. The molecule has 4 nitrogen and oxygen atoms in total. The summed E-state index contributed by atoms with van der Waals surface area (Å²) in [4.78, 5) is 0.212. The fourth-order valence-corrected chi connectivity index (χ4v) is 3.89. The maximum Gasteiger partial charge on any atom is 0.241 e. The van der Waals surface area contributed by atoms with Gasteiger partial charge in [-0.15, -0.1) is 0 Å². The van der Waals surface area contributed by atoms with Gasteiger partial charge >= 0.3 is 0 Å². The van der Waals surface area contributed by atoms with Crippen LogP contribution in [0.25, 0.3) is 10.8 Å². The molecule has 0 aliphatic carbocycles. The number of nitrogens with one attached hydrogen (secondary N) is 1. The van der Waals surface area contributed by atoms with Crippen LogP contribution in [0.1, 0.15) is 5.56 Å². The van der Waals surface area contributed by atoms with Crippen molar-refractivity contribution in [1.29, 1.82) is 0 Å². The van der Waals surface area contributed by atoms with E-state index < -0.39 is 10.0 Å². The Balaban J connectivity index is 1.96. The Kier molecular flexibility index (Phi) is 4.26. The summed E-state index contributed by atoms with van der Waals surface area (Å²) < 4.78 is 27.9. The van der Waals surface area contributed by atoms with Crippen LogP contribution >= 0.6 is 11.6 Å². The van der Waals surface area contributed by atoms with Crippen molar-refractivity contribution in [3.05, 3.63) is 71.2 Å². The van der Waals surface area contributed by atoms with Crippen LogP contribution in [0.2, 0.25) is 5.02 Å². The van der Waals surface area contributed by atoms with Crippen molar-refractivity contribution in [2.45, 2.75) is 11.4 Å². The summed E-state index contributed by atoms with van der Waals surface area (Å²) >= 11 is 5.92. The summed E-state index contributed by atoms with van der Waals surface area (Å²) in [6.07, 6.45) is 0. The van der Waals surface area contributed by atoms with E-state index in [-0.39, 0.29) is 11.4 Å². The van der Waals surface area contributed by atoms with E-state index in [1.807, 2.05) is 6.07 Å². The Morgan fingerprint density at radius 2 is 1.65 bits per heavy atom. The first kappa shape index (κ1) is 15.8. The van der Waals surface area contributed by atoms with Crippen LogP contribution in [0, 0.1) is 0 Å². The number of nitrogens with two attached hydrogens (primary N) is 1. The number of hydrogen-bond acceptors (Lipinski definition) is 3. The van der Waals surface area contributed by atoms with E-state index in [1.54, 1.807) is 54.6 Å². The molecular formula is C17H15ClN2O2S. The van der Waals surface area contributed by atoms with E-state index in [2.05, 4.69) is 4.72 Å². The zero-order valence-corrected chi connectivity index (χ0v) is 13.7. The molecule has 0 aliphatic rings. The predicted molar refractivity (Wildman–Crippen MR) is 93.8 cm³/mol. The van der Waals surface area contributed by atoms with Crippen LogP contribution in [0.3, 0.4) is 0 Å². The van der Waals surface area contributed by atoms with Crippen LogP contribution in [0.5, 0.6) is 0 Å². The summed E-state index contributed by atoms with van der Waals surface area (Å²) in [5.74, 6) is 0. The van der Waals surface area contributed by atoms with Crippen LogP contribution in [0.4, 0.5) is 5.69 Å². The van der Waals surface area contributed by atoms with Gasteiger partial charge in [-0.05, 0) is 29.8 Å². The molecule has 0 saturated carbocycles. The first-order chi connectivity index (χ1) is 11.0. The lowest BCUT2D eigenvalue weighted by atomic mass is 10.1. The molecule has 0 heterocycles. The lowest BCUT2D eigenvalue weighted by molar-refractivity contribution is 0.582. The van der Waals surface area contributed by atoms with Crippen molar-refractivity contribution in [2.24, 2.45) is 0 Å². The molecule has 0 spiro atoms. The maximum atomic E-state index is 12.6. The molecule has 23 heavy (non-hydrogen) atoms. The lowest BCUT2D eigenvalue weighted by Crippen LogP contribution is -2.23. The van der Waals surface area contributed by atoms with Gasteiger partial charge in [-0.3, -0.25) is 0 Å². The van der Waals surface area contributed by atoms with Crippen LogP contribution in [-0.2, 0) is 16.6 Å². The van der Waals surface area contributed by atoms with Crippen molar-refractivity contribution in [2.75, 3.05) is 5.73 Å². The van der Waals surface area contributed by atoms with Crippen LogP contribution < -0.4 is 10.5 Å². The minimum atomic E-state index is -3.66. The lowest BCUT2D eigenvalue weighted by Gasteiger charge is -2.11. The number of benzene rings is 3. The van der Waals surface area contributed by atoms with Gasteiger partial charge in [0, 0.05) is 28.0 Å². The summed E-state index contributed by atoms with van der Waals surface area (Å²) in [6, 6.07) is 17.4. The predicted octanol–water partition coefficient (Wildman–Crippen LogP) is 3.55. The highest BCUT2D eigenvalue weighted by atomic mass is 35.5. The van der Waals surface area contributed by atoms with E-state index in [4.69, 9.17) is 17.3 Å². The number of nitrogen functional groups attached to an aromatic ring is 1. The standard InChI is InChI=1S/C17H15ClN2O2S/c18-13-5-1-4-12(10-13)11-20-23(21,22)17-9-3-6-14-15(17)7-2-8-16(14)19/h1-10,20H,11,19H2. The van der Waals surface area contributed by atoms with Gasteiger partial charge in [-0.1, -0.05) is 48.0 Å². The van der Waals surface area contributed by atoms with Crippen molar-refractivity contribution in [1.82, 2.24) is 4.72 Å². The van der Waals surface area contributed by atoms with Gasteiger partial charge in [-0.2, -0.15) is 0 Å². The van der Waals surface area contributed by atoms with E-state index in [9.17, 15) is 8.42 Å². The number of anilines is 1. The summed E-state index contributed by atoms with van der Waals surface area (Å²) in [5, 5.41) is 1.89. The molecule has 3 N–H and O–H groups in total. The molecule has 0 amide bonds. The normalized spacial score (nSPS) is 11.7. The minimum Gasteiger partial charge on any atom is -0.398 e. The van der Waals surface area contributed by atoms with Crippen molar-refractivity contribution in [3.8, 4) is 0 Å². The van der Waals surface area contributed by atoms with Gasteiger partial charge < -0.3 is 5.73 Å². The monoisotopic (exact) mass is 346 g/mol. The second-order valence-electron chi connectivity index (χ2n) is 5.15. The van der Waals surface area contributed by atoms with Gasteiger partial charge in [0.2, 0.25) is 10.0 Å². The van der Waals surface area contributed by atoms with Gasteiger partial charge in [-0.25, -0.2) is 13.1 Å². The van der Waals surface area contributed by atoms with Crippen molar-refractivity contribution >= 4 is 38.1 Å². The minimum absolute atomic E-state index is 0.168. The van der Waals surface area contributed by atoms with Crippen molar-refractivity contribution in [3.63, 3.8) is 0 Å². The first-order valence-electron chi connectivity index (χ1n) is 6.99. The Morgan fingerprint density at radius 3 is 2.43 bits per heavy atom. The average molecular weight is 347 g/mol. The SMILES string of the molecule is Nc1cccc2c(S(=O)(=O)NCc3cccc(Cl)c3)cccc12. The second kappa shape index (κ2) is 6.20. The highest BCUT2D eigenvalue weighted by Gasteiger charge is 2.17. The first-order valence-corrected chi connectivity index (χ1v) is 8.85. The molecule has 3 rings (SSSR count). The summed E-state index contributed by atoms with van der Waals surface area (Å²) in [6.45, 7) is 0.168. The maximum absolute atomic E-state index is 12.6. The molecule has 3 aromatic rings. The number of halogens is 1. The van der Waals surface area contributed by atoms with E-state index in [1.165, 1.54) is 0 Å². The molecule has 6 heteroatoms. The highest BCUT2D eigenvalue weighted by molar-refractivity contribution is 7.89. The fraction of sp³-hybridized carbons (Fsp3) is 0.0588. The van der Waals surface area contributed by atoms with E-state index >= 15 is 0 Å². The number of hydrogen-bond donors (Lipinski definition) is 2. The topological polar surface area (TPSA) is 72.2 Å². The Labute approximate surface area is 139 Å². The van der Waals surface area contributed by atoms with Gasteiger partial charge in [0.25, 0.3) is 0 Å². The smallest absolute Gasteiger partial charge is 0.241 e. The Morgan fingerprint density at radius 1 is 0.957 bits per heavy atom. The molecule has 0 radical (unpaired) electrons. The van der Waals surface area contributed by atoms with Gasteiger partial charge in [0.05, 0.1) is 4.90 Å². The van der Waals surface area contributed by atoms with Crippen LogP contribution in [0.15, 0.2) is 65.6 Å². The van der Waals surface area contributed by atoms with Gasteiger partial charge in [0.15, 0.2) is 0 Å². The molecule has 0 fully saturated rings. The Bertz CT molecular complexity index is 971. The third-order valence-corrected chi connectivity index (χ3v) is 5.26. The molecule has 0 atom stereocenters. The molecule has 0 unspecified atom stereocenters. The zero-order chi connectivity index (χ0) is 16.4. The third kappa shape index (κ3) is 3.32. The van der Waals surface area contributed by atoms with Gasteiger partial charge in [0.1, 0.15) is 0 Å². The Hall–Kier alpha value is -2.08. The largest absolute Gasteiger partial charge is 0.398 e.